The van der Waals surface area contributed by atoms with Crippen LogP contribution in [0.15, 0.2) is 461 Å². The van der Waals surface area contributed by atoms with E-state index in [0.29, 0.717) is 0 Å². The maximum absolute atomic E-state index is 5.11. The predicted molar refractivity (Wildman–Crippen MR) is 568 cm³/mol. The highest BCUT2D eigenvalue weighted by molar-refractivity contribution is 6.29. The first-order valence-electron chi connectivity index (χ1n) is 46.4. The van der Waals surface area contributed by atoms with E-state index in [2.05, 4.69) is 497 Å². The van der Waals surface area contributed by atoms with E-state index < -0.39 is 0 Å². The molecule has 0 N–H and O–H groups in total. The molecule has 12 nitrogen and oxygen atoms in total. The zero-order valence-corrected chi connectivity index (χ0v) is 73.2. The van der Waals surface area contributed by atoms with Gasteiger partial charge in [0.15, 0.2) is 0 Å². The third kappa shape index (κ3) is 11.0. The predicted octanol–water partition coefficient (Wildman–Crippen LogP) is 31.6. The van der Waals surface area contributed by atoms with Gasteiger partial charge in [-0.25, -0.2) is 19.9 Å². The molecule has 0 amide bonds. The van der Waals surface area contributed by atoms with Crippen LogP contribution in [0.2, 0.25) is 0 Å². The molecule has 32 aromatic rings. The molecule has 0 aliphatic rings. The number of pyridine rings is 4. The Hall–Kier alpha value is -18.5. The van der Waals surface area contributed by atoms with Gasteiger partial charge in [0.05, 0.1) is 110 Å². The topological polar surface area (TPSA) is 88.9 Å². The van der Waals surface area contributed by atoms with Gasteiger partial charge in [0.2, 0.25) is 0 Å². The molecule has 0 radical (unpaired) electrons. The molecule has 0 aliphatic carbocycles. The maximum atomic E-state index is 5.11. The van der Waals surface area contributed by atoms with Gasteiger partial charge in [-0.15, -0.1) is 0 Å². The van der Waals surface area contributed by atoms with E-state index in [9.17, 15) is 0 Å². The number of hydrogen-bond donors (Lipinski definition) is 0. The van der Waals surface area contributed by atoms with Crippen molar-refractivity contribution in [2.24, 2.45) is 0 Å². The summed E-state index contributed by atoms with van der Waals surface area (Å²) >= 11 is 0. The van der Waals surface area contributed by atoms with E-state index in [1.807, 2.05) is 0 Å². The lowest BCUT2D eigenvalue weighted by molar-refractivity contribution is 1.18. The molecule has 0 bridgehead atoms. The molecule has 0 spiro atoms. The summed E-state index contributed by atoms with van der Waals surface area (Å²) in [5.41, 5.74) is 31.8. The zero-order chi connectivity index (χ0) is 88.9. The Balaban J connectivity index is 0.0000000879. The molecule has 0 saturated heterocycles. The Labute approximate surface area is 775 Å². The number of benzene rings is 20. The summed E-state index contributed by atoms with van der Waals surface area (Å²) in [6.45, 7) is 0. The molecule has 0 aliphatic heterocycles. The van der Waals surface area contributed by atoms with Crippen LogP contribution in [0.1, 0.15) is 0 Å². The Morgan fingerprint density at radius 2 is 0.375 bits per heavy atom. The van der Waals surface area contributed by atoms with E-state index in [0.717, 1.165) is 72.4 Å². The van der Waals surface area contributed by atoms with E-state index in [1.165, 1.54) is 191 Å². The van der Waals surface area contributed by atoms with Gasteiger partial charge in [-0.2, -0.15) is 0 Å². The first-order valence-corrected chi connectivity index (χ1v) is 46.4. The average Bonchev–Trinajstić information content (AvgIpc) is 1.46. The minimum atomic E-state index is 1.00. The molecular formula is C124H76N12. The van der Waals surface area contributed by atoms with Crippen molar-refractivity contribution in [1.29, 1.82) is 0 Å². The van der Waals surface area contributed by atoms with Crippen LogP contribution >= 0.6 is 0 Å². The molecule has 20 aromatic carbocycles. The minimum Gasteiger partial charge on any atom is -0.309 e. The zero-order valence-electron chi connectivity index (χ0n) is 73.2. The molecule has 32 rings (SSSR count). The van der Waals surface area contributed by atoms with Crippen LogP contribution in [0.25, 0.3) is 263 Å². The van der Waals surface area contributed by atoms with Crippen molar-refractivity contribution in [2.75, 3.05) is 0 Å². The second kappa shape index (κ2) is 29.5. The Morgan fingerprint density at radius 3 is 0.809 bits per heavy atom. The lowest BCUT2D eigenvalue weighted by Gasteiger charge is -2.13. The van der Waals surface area contributed by atoms with Crippen molar-refractivity contribution in [2.45, 2.75) is 0 Å². The number of para-hydroxylation sites is 16. The standard InChI is InChI=1S/4C31H19N3/c1-2-10-20(11-3-1)33-26-16-8-6-12-21(26)23-18-19-28-29(30(23)33)22-13-4-5-14-24(22)31-32-25-15-7-9-17-27(25)34(28)31;1-2-10-20(11-3-1)33-27-16-8-6-13-22(27)25-19-30-24(18-29(25)33)21-12-4-5-14-23(21)31-32-26-15-7-9-17-28(26)34(30)31;1-2-10-20(11-3-1)33-27-16-8-6-13-22(27)25-18-24-21-12-4-5-14-23(21)31-32-26-15-7-9-17-28(26)34(31)30(24)19-29(25)33;1-2-10-20(11-3-1)33-27-16-8-6-13-22(27)24-19-18-23-21-12-4-5-14-25(21)31-32-26-15-7-9-17-28(26)34(31)30(23)29(24)33/h4*1-19H. The molecule has 12 heteroatoms. The highest BCUT2D eigenvalue weighted by atomic mass is 15.1. The Bertz CT molecular complexity index is 10500. The van der Waals surface area contributed by atoms with Gasteiger partial charge in [0.25, 0.3) is 0 Å². The van der Waals surface area contributed by atoms with Crippen LogP contribution < -0.4 is 0 Å². The molecule has 136 heavy (non-hydrogen) atoms. The van der Waals surface area contributed by atoms with Gasteiger partial charge >= 0.3 is 0 Å². The molecular weight excluding hydrogens is 1660 g/mol. The smallest absolute Gasteiger partial charge is 0.146 e. The second-order valence-electron chi connectivity index (χ2n) is 35.5. The molecule has 12 aromatic heterocycles. The van der Waals surface area contributed by atoms with Crippen LogP contribution in [-0.4, -0.2) is 55.8 Å². The molecule has 0 atom stereocenters. The fourth-order valence-electron chi connectivity index (χ4n) is 22.6. The monoisotopic (exact) mass is 1730 g/mol. The van der Waals surface area contributed by atoms with Crippen molar-refractivity contribution in [3.05, 3.63) is 461 Å². The van der Waals surface area contributed by atoms with E-state index in [-0.39, 0.29) is 0 Å². The van der Waals surface area contributed by atoms with E-state index >= 15 is 0 Å². The van der Waals surface area contributed by atoms with Crippen LogP contribution in [0.5, 0.6) is 0 Å². The van der Waals surface area contributed by atoms with Crippen molar-refractivity contribution >= 4 is 241 Å². The summed E-state index contributed by atoms with van der Waals surface area (Å²) in [4.78, 5) is 20.3. The lowest BCUT2D eigenvalue weighted by atomic mass is 10.0. The van der Waals surface area contributed by atoms with Crippen molar-refractivity contribution in [3.63, 3.8) is 0 Å². The van der Waals surface area contributed by atoms with Crippen LogP contribution in [0, 0.1) is 0 Å². The number of aromatic nitrogens is 12. The van der Waals surface area contributed by atoms with Gasteiger partial charge in [-0.1, -0.05) is 309 Å². The summed E-state index contributed by atoms with van der Waals surface area (Å²) in [7, 11) is 0. The third-order valence-electron chi connectivity index (χ3n) is 28.3. The molecule has 632 valence electrons. The summed E-state index contributed by atoms with van der Waals surface area (Å²) in [5.74, 6) is 0. The fraction of sp³-hybridized carbons (Fsp3) is 0. The van der Waals surface area contributed by atoms with Crippen molar-refractivity contribution < 1.29 is 0 Å². The first kappa shape index (κ1) is 75.3. The maximum Gasteiger partial charge on any atom is 0.146 e. The van der Waals surface area contributed by atoms with Gasteiger partial charge in [-0.05, 0) is 173 Å². The van der Waals surface area contributed by atoms with Crippen molar-refractivity contribution in [1.82, 2.24) is 55.8 Å². The quantitative estimate of drug-likeness (QED) is 0.164. The summed E-state index contributed by atoms with van der Waals surface area (Å²) in [5, 5.41) is 24.7. The van der Waals surface area contributed by atoms with Gasteiger partial charge in [-0.3, -0.25) is 17.6 Å². The molecule has 12 heterocycles. The number of hydrogen-bond acceptors (Lipinski definition) is 4. The molecule has 0 fully saturated rings. The van der Waals surface area contributed by atoms with Crippen LogP contribution in [0.4, 0.5) is 0 Å². The Morgan fingerprint density at radius 1 is 0.125 bits per heavy atom. The normalized spacial score (nSPS) is 12.1. The number of fused-ring (bicyclic) bond motifs is 46. The van der Waals surface area contributed by atoms with Crippen LogP contribution in [0.3, 0.4) is 0 Å². The van der Waals surface area contributed by atoms with Crippen LogP contribution in [-0.2, 0) is 0 Å². The average molecular weight is 1730 g/mol. The minimum absolute atomic E-state index is 1.00. The fourth-order valence-corrected chi connectivity index (χ4v) is 22.6. The highest BCUT2D eigenvalue weighted by Crippen LogP contribution is 2.47. The molecule has 0 saturated carbocycles. The highest BCUT2D eigenvalue weighted by Gasteiger charge is 2.27. The largest absolute Gasteiger partial charge is 0.309 e. The number of nitrogens with zero attached hydrogens (tertiary/aromatic N) is 12. The first-order chi connectivity index (χ1) is 67.6. The summed E-state index contributed by atoms with van der Waals surface area (Å²) in [6, 6.07) is 164. The van der Waals surface area contributed by atoms with Gasteiger partial charge in [0.1, 0.15) is 22.6 Å². The summed E-state index contributed by atoms with van der Waals surface area (Å²) < 4.78 is 19.0. The SMILES string of the molecule is c1ccc(-n2c3ccccc3c3cc4c(cc32)c2ccccc2c2nc3ccccc3n42)cc1.c1ccc(-n2c3ccccc3c3cc4c5ccccc5c5nc6ccccc6n5c4cc32)cc1.c1ccc(-n2c3ccccc3c3ccc4c(c5ccccc5c5nc6ccccc6n45)c32)cc1.c1ccc(-n2c3ccccc3c3ccc4c5ccccc5c5nc6ccccc6n5c4c32)cc1. The Kier molecular flexibility index (Phi) is 16.3. The van der Waals surface area contributed by atoms with Gasteiger partial charge in [0, 0.05) is 109 Å². The van der Waals surface area contributed by atoms with Gasteiger partial charge < -0.3 is 18.3 Å². The van der Waals surface area contributed by atoms with E-state index in [4.69, 9.17) is 19.9 Å². The number of rotatable bonds is 4. The third-order valence-corrected chi connectivity index (χ3v) is 28.3. The van der Waals surface area contributed by atoms with E-state index in [1.54, 1.807) is 0 Å². The second-order valence-corrected chi connectivity index (χ2v) is 35.5. The van der Waals surface area contributed by atoms with Crippen molar-refractivity contribution in [3.8, 4) is 22.7 Å². The molecule has 0 unspecified atom stereocenters. The number of imidazole rings is 4. The lowest BCUT2D eigenvalue weighted by Crippen LogP contribution is -1.98. The summed E-state index contributed by atoms with van der Waals surface area (Å²) in [6.07, 6.45) is 0.